The fourth-order valence-electron chi connectivity index (χ4n) is 2.43. The van der Waals surface area contributed by atoms with E-state index in [-0.39, 0.29) is 5.91 Å². The van der Waals surface area contributed by atoms with Gasteiger partial charge in [-0.3, -0.25) is 4.79 Å². The molecule has 0 fully saturated rings. The third-order valence-electron chi connectivity index (χ3n) is 4.34. The van der Waals surface area contributed by atoms with E-state index in [9.17, 15) is 4.79 Å². The molecule has 0 radical (unpaired) electrons. The quantitative estimate of drug-likeness (QED) is 0.734. The van der Waals surface area contributed by atoms with Crippen LogP contribution in [0.3, 0.4) is 0 Å². The number of rotatable bonds is 9. The van der Waals surface area contributed by atoms with Crippen molar-refractivity contribution in [3.63, 3.8) is 0 Å². The van der Waals surface area contributed by atoms with Gasteiger partial charge in [0, 0.05) is 6.54 Å². The van der Waals surface area contributed by atoms with Crippen LogP contribution >= 0.6 is 0 Å². The molecular weight excluding hydrogens is 274 g/mol. The summed E-state index contributed by atoms with van der Waals surface area (Å²) >= 11 is 0. The van der Waals surface area contributed by atoms with Crippen LogP contribution in [0.4, 0.5) is 0 Å². The minimum absolute atomic E-state index is 0.0316. The van der Waals surface area contributed by atoms with E-state index < -0.39 is 6.10 Å². The van der Waals surface area contributed by atoms with Gasteiger partial charge in [0.2, 0.25) is 0 Å². The zero-order valence-corrected chi connectivity index (χ0v) is 14.7. The molecule has 3 heteroatoms. The molecule has 0 aliphatic heterocycles. The van der Waals surface area contributed by atoms with E-state index in [2.05, 4.69) is 19.2 Å². The maximum Gasteiger partial charge on any atom is 0.260 e. The van der Waals surface area contributed by atoms with E-state index in [0.717, 1.165) is 24.3 Å². The molecule has 1 aromatic rings. The molecule has 22 heavy (non-hydrogen) atoms. The molecule has 1 amide bonds. The first-order valence-electron chi connectivity index (χ1n) is 8.50. The number of carbonyl (C=O) groups excluding carboxylic acids is 1. The number of benzene rings is 1. The molecule has 0 saturated heterocycles. The Kier molecular flexibility index (Phi) is 8.00. The monoisotopic (exact) mass is 305 g/mol. The van der Waals surface area contributed by atoms with E-state index in [1.807, 2.05) is 39.0 Å². The van der Waals surface area contributed by atoms with Crippen molar-refractivity contribution in [1.82, 2.24) is 5.32 Å². The third kappa shape index (κ3) is 5.70. The summed E-state index contributed by atoms with van der Waals surface area (Å²) in [5, 5.41) is 3.03. The molecule has 0 aromatic heterocycles. The minimum Gasteiger partial charge on any atom is -0.481 e. The van der Waals surface area contributed by atoms with Crippen molar-refractivity contribution in [2.24, 2.45) is 5.92 Å². The van der Waals surface area contributed by atoms with E-state index in [0.29, 0.717) is 5.92 Å². The molecule has 3 nitrogen and oxygen atoms in total. The highest BCUT2D eigenvalue weighted by atomic mass is 16.5. The number of unbranched alkanes of at least 4 members (excludes halogenated alkanes) is 1. The molecule has 0 bridgehead atoms. The van der Waals surface area contributed by atoms with E-state index in [1.165, 1.54) is 24.8 Å². The Labute approximate surface area is 135 Å². The Hall–Kier alpha value is -1.51. The highest BCUT2D eigenvalue weighted by Gasteiger charge is 2.17. The average molecular weight is 305 g/mol. The number of aryl methyl sites for hydroxylation is 1. The molecule has 1 rings (SSSR count). The number of nitrogens with one attached hydrogen (secondary N) is 1. The van der Waals surface area contributed by atoms with Gasteiger partial charge in [0.25, 0.3) is 5.91 Å². The van der Waals surface area contributed by atoms with Crippen LogP contribution in [-0.2, 0) is 4.79 Å². The molecule has 124 valence electrons. The number of ether oxygens (including phenoxy) is 1. The largest absolute Gasteiger partial charge is 0.481 e. The van der Waals surface area contributed by atoms with Crippen molar-refractivity contribution in [1.29, 1.82) is 0 Å². The summed E-state index contributed by atoms with van der Waals surface area (Å²) in [6, 6.07) is 5.93. The van der Waals surface area contributed by atoms with Crippen molar-refractivity contribution in [2.45, 2.75) is 66.4 Å². The van der Waals surface area contributed by atoms with E-state index in [4.69, 9.17) is 4.74 Å². The lowest BCUT2D eigenvalue weighted by Crippen LogP contribution is -2.39. The van der Waals surface area contributed by atoms with Crippen LogP contribution in [0.1, 0.15) is 57.6 Å². The van der Waals surface area contributed by atoms with Crippen molar-refractivity contribution in [2.75, 3.05) is 6.54 Å². The van der Waals surface area contributed by atoms with Gasteiger partial charge in [-0.15, -0.1) is 0 Å². The first kappa shape index (κ1) is 18.5. The van der Waals surface area contributed by atoms with Gasteiger partial charge in [-0.2, -0.15) is 0 Å². The molecule has 0 unspecified atom stereocenters. The average Bonchev–Trinajstić information content (AvgIpc) is 2.51. The summed E-state index contributed by atoms with van der Waals surface area (Å²) in [6.07, 6.45) is 4.25. The highest BCUT2D eigenvalue weighted by Crippen LogP contribution is 2.21. The molecule has 0 spiro atoms. The molecule has 0 heterocycles. The molecule has 0 aliphatic carbocycles. The molecular formula is C19H31NO2. The third-order valence-corrected chi connectivity index (χ3v) is 4.34. The summed E-state index contributed by atoms with van der Waals surface area (Å²) in [7, 11) is 0. The fraction of sp³-hybridized carbons (Fsp3) is 0.632. The normalized spacial score (nSPS) is 13.5. The van der Waals surface area contributed by atoms with Crippen LogP contribution < -0.4 is 10.1 Å². The Bertz CT molecular complexity index is 471. The van der Waals surface area contributed by atoms with Gasteiger partial charge in [0.1, 0.15) is 5.75 Å². The Balaban J connectivity index is 2.49. The molecule has 2 atom stereocenters. The first-order valence-corrected chi connectivity index (χ1v) is 8.50. The number of carbonyl (C=O) groups is 1. The predicted molar refractivity (Wildman–Crippen MR) is 92.3 cm³/mol. The van der Waals surface area contributed by atoms with Crippen LogP contribution in [0.15, 0.2) is 18.2 Å². The van der Waals surface area contributed by atoms with Gasteiger partial charge in [-0.25, -0.2) is 0 Å². The van der Waals surface area contributed by atoms with Crippen molar-refractivity contribution >= 4 is 5.91 Å². The van der Waals surface area contributed by atoms with E-state index in [1.54, 1.807) is 0 Å². The second-order valence-electron chi connectivity index (χ2n) is 6.12. The van der Waals surface area contributed by atoms with Crippen molar-refractivity contribution in [3.05, 3.63) is 29.3 Å². The van der Waals surface area contributed by atoms with Gasteiger partial charge in [-0.05, 0) is 50.3 Å². The van der Waals surface area contributed by atoms with Gasteiger partial charge in [0.05, 0.1) is 0 Å². The maximum atomic E-state index is 12.2. The van der Waals surface area contributed by atoms with Crippen LogP contribution in [0.25, 0.3) is 0 Å². The van der Waals surface area contributed by atoms with E-state index >= 15 is 0 Å². The van der Waals surface area contributed by atoms with Crippen LogP contribution in [0, 0.1) is 19.8 Å². The zero-order valence-electron chi connectivity index (χ0n) is 14.7. The second kappa shape index (κ2) is 9.50. The lowest BCUT2D eigenvalue weighted by Gasteiger charge is -2.19. The first-order chi connectivity index (χ1) is 10.5. The molecule has 0 saturated carbocycles. The van der Waals surface area contributed by atoms with Crippen molar-refractivity contribution in [3.8, 4) is 5.75 Å². The number of amides is 1. The lowest BCUT2D eigenvalue weighted by atomic mass is 9.99. The lowest BCUT2D eigenvalue weighted by molar-refractivity contribution is -0.127. The second-order valence-corrected chi connectivity index (χ2v) is 6.12. The highest BCUT2D eigenvalue weighted by molar-refractivity contribution is 5.80. The molecule has 1 N–H and O–H groups in total. The molecule has 1 aromatic carbocycles. The van der Waals surface area contributed by atoms with Crippen molar-refractivity contribution < 1.29 is 9.53 Å². The molecule has 0 aliphatic rings. The SMILES string of the molecule is CCCC[C@H](CC)CNC(=O)[C@@H](C)Oc1cccc(C)c1C. The summed E-state index contributed by atoms with van der Waals surface area (Å²) in [6.45, 7) is 11.0. The predicted octanol–water partition coefficient (Wildman–Crippen LogP) is 4.40. The summed E-state index contributed by atoms with van der Waals surface area (Å²) in [4.78, 5) is 12.2. The van der Waals surface area contributed by atoms with Gasteiger partial charge in [0.15, 0.2) is 6.10 Å². The van der Waals surface area contributed by atoms with Gasteiger partial charge in [-0.1, -0.05) is 45.2 Å². The number of hydrogen-bond donors (Lipinski definition) is 1. The van der Waals surface area contributed by atoms with Crippen LogP contribution in [0.5, 0.6) is 5.75 Å². The Morgan fingerprint density at radius 1 is 1.27 bits per heavy atom. The van der Waals surface area contributed by atoms with Crippen LogP contribution in [-0.4, -0.2) is 18.6 Å². The van der Waals surface area contributed by atoms with Crippen LogP contribution in [0.2, 0.25) is 0 Å². The van der Waals surface area contributed by atoms with Gasteiger partial charge >= 0.3 is 0 Å². The summed E-state index contributed by atoms with van der Waals surface area (Å²) in [5.41, 5.74) is 2.27. The Morgan fingerprint density at radius 3 is 2.64 bits per heavy atom. The Morgan fingerprint density at radius 2 is 2.00 bits per heavy atom. The smallest absolute Gasteiger partial charge is 0.260 e. The fourth-order valence-corrected chi connectivity index (χ4v) is 2.43. The minimum atomic E-state index is -0.468. The summed E-state index contributed by atoms with van der Waals surface area (Å²) < 4.78 is 5.82. The number of hydrogen-bond acceptors (Lipinski definition) is 2. The maximum absolute atomic E-state index is 12.2. The summed E-state index contributed by atoms with van der Waals surface area (Å²) in [5.74, 6) is 1.33. The standard InChI is InChI=1S/C19H31NO2/c1-6-8-11-17(7-2)13-20-19(21)16(5)22-18-12-9-10-14(3)15(18)4/h9-10,12,16-17H,6-8,11,13H2,1-5H3,(H,20,21)/t16-,17+/m1/s1. The topological polar surface area (TPSA) is 38.3 Å². The van der Waals surface area contributed by atoms with Gasteiger partial charge < -0.3 is 10.1 Å². The zero-order chi connectivity index (χ0) is 16.5.